The molecule has 0 saturated heterocycles. The second kappa shape index (κ2) is 3.69. The molecule has 0 aliphatic carbocycles. The second-order valence-electron chi connectivity index (χ2n) is 5.83. The van der Waals surface area contributed by atoms with Crippen molar-refractivity contribution in [2.45, 2.75) is 40.7 Å². The number of fused-ring (bicyclic) bond motifs is 1. The number of benzene rings is 1. The van der Waals surface area contributed by atoms with Crippen LogP contribution in [0.1, 0.15) is 31.9 Å². The molecule has 0 amide bonds. The first kappa shape index (κ1) is 11.3. The predicted octanol–water partition coefficient (Wildman–Crippen LogP) is 3.52. The fraction of sp³-hybridized carbons (Fsp3) is 0.571. The van der Waals surface area contributed by atoms with Gasteiger partial charge in [-0.05, 0) is 36.5 Å². The van der Waals surface area contributed by atoms with Crippen molar-refractivity contribution in [2.75, 3.05) is 11.9 Å². The molecular formula is C14H21NO. The first-order chi connectivity index (χ1) is 7.38. The van der Waals surface area contributed by atoms with Crippen LogP contribution in [0.4, 0.5) is 5.69 Å². The molecule has 2 heteroatoms. The van der Waals surface area contributed by atoms with Gasteiger partial charge < -0.3 is 10.1 Å². The summed E-state index contributed by atoms with van der Waals surface area (Å²) in [6.45, 7) is 11.7. The van der Waals surface area contributed by atoms with Gasteiger partial charge in [0.25, 0.3) is 0 Å². The maximum atomic E-state index is 5.89. The lowest BCUT2D eigenvalue weighted by Crippen LogP contribution is -2.41. The summed E-state index contributed by atoms with van der Waals surface area (Å²) in [5.74, 6) is 1.02. The molecule has 0 spiro atoms. The van der Waals surface area contributed by atoms with Crippen molar-refractivity contribution in [1.29, 1.82) is 0 Å². The Balaban J connectivity index is 2.34. The van der Waals surface area contributed by atoms with E-state index in [2.05, 4.69) is 52.1 Å². The van der Waals surface area contributed by atoms with Gasteiger partial charge in [-0.2, -0.15) is 0 Å². The summed E-state index contributed by atoms with van der Waals surface area (Å²) in [5, 5.41) is 3.59. The first-order valence-corrected chi connectivity index (χ1v) is 5.88. The van der Waals surface area contributed by atoms with Crippen molar-refractivity contribution in [3.05, 3.63) is 23.3 Å². The Hall–Kier alpha value is -1.18. The Morgan fingerprint density at radius 2 is 1.94 bits per heavy atom. The highest BCUT2D eigenvalue weighted by atomic mass is 16.5. The van der Waals surface area contributed by atoms with E-state index in [4.69, 9.17) is 4.74 Å². The smallest absolute Gasteiger partial charge is 0.145 e. The Morgan fingerprint density at radius 3 is 2.56 bits per heavy atom. The maximum absolute atomic E-state index is 5.89. The molecule has 1 atom stereocenters. The van der Waals surface area contributed by atoms with Gasteiger partial charge in [-0.25, -0.2) is 0 Å². The summed E-state index contributed by atoms with van der Waals surface area (Å²) in [4.78, 5) is 0. The molecule has 0 bridgehead atoms. The van der Waals surface area contributed by atoms with Crippen molar-refractivity contribution >= 4 is 5.69 Å². The van der Waals surface area contributed by atoms with Gasteiger partial charge in [-0.1, -0.05) is 26.8 Å². The Bertz CT molecular complexity index is 404. The number of nitrogens with one attached hydrogen (secondary N) is 1. The standard InChI is InChI=1S/C14H21NO/c1-9-6-10(2)13-11(7-9)15-12(8-16-13)14(3,4)5/h6-7,12,15H,8H2,1-5H3. The minimum atomic E-state index is 0.218. The lowest BCUT2D eigenvalue weighted by Gasteiger charge is -2.37. The van der Waals surface area contributed by atoms with Crippen LogP contribution in [0.5, 0.6) is 5.75 Å². The normalized spacial score (nSPS) is 19.7. The molecule has 1 aromatic carbocycles. The highest BCUT2D eigenvalue weighted by molar-refractivity contribution is 5.63. The number of rotatable bonds is 0. The second-order valence-corrected chi connectivity index (χ2v) is 5.83. The quantitative estimate of drug-likeness (QED) is 0.721. The average Bonchev–Trinajstić information content (AvgIpc) is 2.15. The Kier molecular flexibility index (Phi) is 2.61. The number of hydrogen-bond acceptors (Lipinski definition) is 2. The van der Waals surface area contributed by atoms with Gasteiger partial charge in [-0.3, -0.25) is 0 Å². The summed E-state index contributed by atoms with van der Waals surface area (Å²) in [6.07, 6.45) is 0. The number of aryl methyl sites for hydroxylation is 2. The van der Waals surface area contributed by atoms with Crippen LogP contribution in [-0.4, -0.2) is 12.6 Å². The summed E-state index contributed by atoms with van der Waals surface area (Å²) < 4.78 is 5.89. The van der Waals surface area contributed by atoms with Crippen LogP contribution in [-0.2, 0) is 0 Å². The topological polar surface area (TPSA) is 21.3 Å². The molecule has 1 aliphatic rings. The maximum Gasteiger partial charge on any atom is 0.145 e. The molecule has 1 aliphatic heterocycles. The van der Waals surface area contributed by atoms with E-state index in [0.29, 0.717) is 6.04 Å². The van der Waals surface area contributed by atoms with Crippen molar-refractivity contribution in [3.8, 4) is 5.75 Å². The molecule has 2 nitrogen and oxygen atoms in total. The number of hydrogen-bond donors (Lipinski definition) is 1. The summed E-state index contributed by atoms with van der Waals surface area (Å²) >= 11 is 0. The van der Waals surface area contributed by atoms with Gasteiger partial charge in [0, 0.05) is 0 Å². The summed E-state index contributed by atoms with van der Waals surface area (Å²) in [6, 6.07) is 4.71. The van der Waals surface area contributed by atoms with Crippen LogP contribution in [0, 0.1) is 19.3 Å². The van der Waals surface area contributed by atoms with Crippen LogP contribution in [0.25, 0.3) is 0 Å². The van der Waals surface area contributed by atoms with Gasteiger partial charge in [0.2, 0.25) is 0 Å². The minimum Gasteiger partial charge on any atom is -0.489 e. The van der Waals surface area contributed by atoms with Gasteiger partial charge in [-0.15, -0.1) is 0 Å². The fourth-order valence-electron chi connectivity index (χ4n) is 2.12. The molecule has 1 unspecified atom stereocenters. The van der Waals surface area contributed by atoms with E-state index in [1.54, 1.807) is 0 Å². The van der Waals surface area contributed by atoms with E-state index in [1.165, 1.54) is 11.1 Å². The largest absolute Gasteiger partial charge is 0.489 e. The highest BCUT2D eigenvalue weighted by Crippen LogP contribution is 2.37. The summed E-state index contributed by atoms with van der Waals surface area (Å²) in [5.41, 5.74) is 3.86. The minimum absolute atomic E-state index is 0.218. The molecule has 1 heterocycles. The lowest BCUT2D eigenvalue weighted by molar-refractivity contribution is 0.206. The van der Waals surface area contributed by atoms with Gasteiger partial charge in [0.05, 0.1) is 11.7 Å². The number of anilines is 1. The van der Waals surface area contributed by atoms with Gasteiger partial charge >= 0.3 is 0 Å². The van der Waals surface area contributed by atoms with E-state index in [0.717, 1.165) is 18.0 Å². The third-order valence-corrected chi connectivity index (χ3v) is 3.19. The van der Waals surface area contributed by atoms with E-state index < -0.39 is 0 Å². The number of ether oxygens (including phenoxy) is 1. The SMILES string of the molecule is Cc1cc(C)c2c(c1)NC(C(C)(C)C)CO2. The van der Waals surface area contributed by atoms with Crippen molar-refractivity contribution in [1.82, 2.24) is 0 Å². The molecule has 88 valence electrons. The Labute approximate surface area is 98.0 Å². The highest BCUT2D eigenvalue weighted by Gasteiger charge is 2.29. The van der Waals surface area contributed by atoms with E-state index in [9.17, 15) is 0 Å². The van der Waals surface area contributed by atoms with Crippen molar-refractivity contribution < 1.29 is 4.74 Å². The lowest BCUT2D eigenvalue weighted by atomic mass is 9.86. The van der Waals surface area contributed by atoms with Crippen LogP contribution in [0.3, 0.4) is 0 Å². The molecular weight excluding hydrogens is 198 g/mol. The molecule has 0 radical (unpaired) electrons. The van der Waals surface area contributed by atoms with E-state index >= 15 is 0 Å². The molecule has 1 N–H and O–H groups in total. The third-order valence-electron chi connectivity index (χ3n) is 3.19. The molecule has 0 aromatic heterocycles. The molecule has 2 rings (SSSR count). The van der Waals surface area contributed by atoms with Gasteiger partial charge in [0.15, 0.2) is 0 Å². The molecule has 16 heavy (non-hydrogen) atoms. The third kappa shape index (κ3) is 2.01. The van der Waals surface area contributed by atoms with E-state index in [1.807, 2.05) is 0 Å². The van der Waals surface area contributed by atoms with E-state index in [-0.39, 0.29) is 5.41 Å². The molecule has 0 fully saturated rings. The molecule has 1 aromatic rings. The first-order valence-electron chi connectivity index (χ1n) is 5.88. The monoisotopic (exact) mass is 219 g/mol. The van der Waals surface area contributed by atoms with Crippen molar-refractivity contribution in [3.63, 3.8) is 0 Å². The predicted molar refractivity (Wildman–Crippen MR) is 68.3 cm³/mol. The zero-order valence-corrected chi connectivity index (χ0v) is 10.8. The van der Waals surface area contributed by atoms with Crippen LogP contribution in [0.2, 0.25) is 0 Å². The van der Waals surface area contributed by atoms with Crippen LogP contribution < -0.4 is 10.1 Å². The zero-order chi connectivity index (χ0) is 11.9. The Morgan fingerprint density at radius 1 is 1.25 bits per heavy atom. The average molecular weight is 219 g/mol. The van der Waals surface area contributed by atoms with Crippen LogP contribution in [0.15, 0.2) is 12.1 Å². The summed E-state index contributed by atoms with van der Waals surface area (Å²) in [7, 11) is 0. The molecule has 0 saturated carbocycles. The van der Waals surface area contributed by atoms with Gasteiger partial charge in [0.1, 0.15) is 12.4 Å². The fourth-order valence-corrected chi connectivity index (χ4v) is 2.12. The zero-order valence-electron chi connectivity index (χ0n) is 10.8. The van der Waals surface area contributed by atoms with Crippen molar-refractivity contribution in [2.24, 2.45) is 5.41 Å². The van der Waals surface area contributed by atoms with Crippen LogP contribution >= 0.6 is 0 Å².